The van der Waals surface area contributed by atoms with Crippen LogP contribution in [0.3, 0.4) is 0 Å². The Balaban J connectivity index is 2.82. The van der Waals surface area contributed by atoms with Crippen molar-refractivity contribution >= 4 is 0 Å². The summed E-state index contributed by atoms with van der Waals surface area (Å²) in [7, 11) is 0. The Kier molecular flexibility index (Phi) is 4.51. The van der Waals surface area contributed by atoms with E-state index >= 15 is 0 Å². The average molecular weight is 101 g/mol. The fraction of sp³-hybridized carbons (Fsp3) is 0.500. The Morgan fingerprint density at radius 2 is 2.57 bits per heavy atom. The SMILES string of the molecule is C/C=C/CON=O. The van der Waals surface area contributed by atoms with Crippen LogP contribution in [0.2, 0.25) is 0 Å². The summed E-state index contributed by atoms with van der Waals surface area (Å²) in [5.41, 5.74) is 0. The molecule has 0 aliphatic rings. The highest BCUT2D eigenvalue weighted by Gasteiger charge is 1.69. The van der Waals surface area contributed by atoms with Gasteiger partial charge < -0.3 is 4.84 Å². The van der Waals surface area contributed by atoms with Gasteiger partial charge in [-0.15, -0.1) is 4.91 Å². The quantitative estimate of drug-likeness (QED) is 0.232. The van der Waals surface area contributed by atoms with Crippen molar-refractivity contribution < 1.29 is 4.84 Å². The molecule has 0 aliphatic carbocycles. The summed E-state index contributed by atoms with van der Waals surface area (Å²) in [5.74, 6) is 0. The molecule has 0 N–H and O–H groups in total. The normalized spacial score (nSPS) is 9.29. The van der Waals surface area contributed by atoms with E-state index < -0.39 is 0 Å². The Morgan fingerprint density at radius 3 is 3.00 bits per heavy atom. The second-order valence-corrected chi connectivity index (χ2v) is 0.939. The van der Waals surface area contributed by atoms with Crippen molar-refractivity contribution in [2.75, 3.05) is 6.61 Å². The Hall–Kier alpha value is -0.860. The second-order valence-electron chi connectivity index (χ2n) is 0.939. The van der Waals surface area contributed by atoms with Crippen molar-refractivity contribution in [2.24, 2.45) is 5.34 Å². The molecule has 0 unspecified atom stereocenters. The van der Waals surface area contributed by atoms with Crippen LogP contribution >= 0.6 is 0 Å². The molecule has 0 bridgehead atoms. The van der Waals surface area contributed by atoms with Crippen LogP contribution in [-0.2, 0) is 4.84 Å². The standard InChI is InChI=1S/C4H7NO2/c1-2-3-4-7-5-6/h2-3H,4H2,1H3/b3-2+. The first-order chi connectivity index (χ1) is 3.41. The van der Waals surface area contributed by atoms with E-state index in [2.05, 4.69) is 10.2 Å². The van der Waals surface area contributed by atoms with E-state index in [1.54, 1.807) is 12.2 Å². The molecule has 0 fully saturated rings. The lowest BCUT2D eigenvalue weighted by atomic mass is 10.6. The fourth-order valence-electron chi connectivity index (χ4n) is 0.170. The predicted molar refractivity (Wildman–Crippen MR) is 26.6 cm³/mol. The third kappa shape index (κ3) is 5.14. The van der Waals surface area contributed by atoms with Crippen LogP contribution in [-0.4, -0.2) is 6.61 Å². The van der Waals surface area contributed by atoms with Gasteiger partial charge in [0.2, 0.25) is 0 Å². The monoisotopic (exact) mass is 101 g/mol. The molecule has 0 aromatic rings. The van der Waals surface area contributed by atoms with E-state index in [1.807, 2.05) is 6.92 Å². The molecular formula is C4H7NO2. The van der Waals surface area contributed by atoms with Crippen LogP contribution in [0.15, 0.2) is 17.5 Å². The number of allylic oxidation sites excluding steroid dienone is 1. The van der Waals surface area contributed by atoms with Crippen molar-refractivity contribution in [3.63, 3.8) is 0 Å². The average Bonchev–Trinajstić information content (AvgIpc) is 1.69. The van der Waals surface area contributed by atoms with Crippen molar-refractivity contribution in [2.45, 2.75) is 6.92 Å². The van der Waals surface area contributed by atoms with Crippen LogP contribution in [0, 0.1) is 4.91 Å². The minimum atomic E-state index is 0.278. The lowest BCUT2D eigenvalue weighted by Gasteiger charge is -1.80. The molecule has 3 nitrogen and oxygen atoms in total. The summed E-state index contributed by atoms with van der Waals surface area (Å²) >= 11 is 0. The van der Waals surface area contributed by atoms with Crippen LogP contribution in [0.5, 0.6) is 0 Å². The Labute approximate surface area is 41.9 Å². The molecule has 0 atom stereocenters. The lowest BCUT2D eigenvalue weighted by Crippen LogP contribution is -1.76. The Bertz CT molecular complexity index is 70.1. The van der Waals surface area contributed by atoms with Gasteiger partial charge in [0.1, 0.15) is 6.61 Å². The highest BCUT2D eigenvalue weighted by molar-refractivity contribution is 4.75. The topological polar surface area (TPSA) is 38.7 Å². The van der Waals surface area contributed by atoms with Gasteiger partial charge in [-0.2, -0.15) is 0 Å². The van der Waals surface area contributed by atoms with Crippen molar-refractivity contribution in [3.05, 3.63) is 17.1 Å². The summed E-state index contributed by atoms with van der Waals surface area (Å²) in [6.07, 6.45) is 3.48. The summed E-state index contributed by atoms with van der Waals surface area (Å²) in [4.78, 5) is 13.2. The summed E-state index contributed by atoms with van der Waals surface area (Å²) in [5, 5.41) is 2.17. The molecular weight excluding hydrogens is 94.0 g/mol. The molecule has 40 valence electrons. The molecule has 0 radical (unpaired) electrons. The van der Waals surface area contributed by atoms with Gasteiger partial charge in [-0.1, -0.05) is 6.08 Å². The number of nitrogens with zero attached hydrogens (tertiary/aromatic N) is 1. The van der Waals surface area contributed by atoms with Crippen LogP contribution in [0.25, 0.3) is 0 Å². The largest absolute Gasteiger partial charge is 0.360 e. The minimum absolute atomic E-state index is 0.278. The van der Waals surface area contributed by atoms with E-state index in [0.717, 1.165) is 0 Å². The summed E-state index contributed by atoms with van der Waals surface area (Å²) < 4.78 is 0. The fourth-order valence-corrected chi connectivity index (χ4v) is 0.170. The molecule has 0 rings (SSSR count). The third-order valence-electron chi connectivity index (χ3n) is 0.459. The molecule has 0 aliphatic heterocycles. The van der Waals surface area contributed by atoms with Gasteiger partial charge in [0.05, 0.1) is 0 Å². The van der Waals surface area contributed by atoms with Gasteiger partial charge in [-0.25, -0.2) is 0 Å². The zero-order valence-electron chi connectivity index (χ0n) is 4.13. The van der Waals surface area contributed by atoms with Gasteiger partial charge in [0.15, 0.2) is 5.34 Å². The van der Waals surface area contributed by atoms with Gasteiger partial charge in [-0.3, -0.25) is 0 Å². The van der Waals surface area contributed by atoms with Crippen molar-refractivity contribution in [1.29, 1.82) is 0 Å². The second kappa shape index (κ2) is 5.14. The molecule has 3 heteroatoms. The molecule has 0 amide bonds. The smallest absolute Gasteiger partial charge is 0.155 e. The van der Waals surface area contributed by atoms with Crippen LogP contribution in [0.4, 0.5) is 0 Å². The Morgan fingerprint density at radius 1 is 1.86 bits per heavy atom. The van der Waals surface area contributed by atoms with Gasteiger partial charge >= 0.3 is 0 Å². The third-order valence-corrected chi connectivity index (χ3v) is 0.459. The molecule has 0 aromatic heterocycles. The van der Waals surface area contributed by atoms with Crippen molar-refractivity contribution in [3.8, 4) is 0 Å². The van der Waals surface area contributed by atoms with E-state index in [0.29, 0.717) is 0 Å². The lowest BCUT2D eigenvalue weighted by molar-refractivity contribution is 0.169. The van der Waals surface area contributed by atoms with Crippen molar-refractivity contribution in [1.82, 2.24) is 0 Å². The van der Waals surface area contributed by atoms with E-state index in [-0.39, 0.29) is 6.61 Å². The first-order valence-electron chi connectivity index (χ1n) is 1.97. The van der Waals surface area contributed by atoms with Crippen LogP contribution < -0.4 is 0 Å². The number of hydrogen-bond acceptors (Lipinski definition) is 3. The highest BCUT2D eigenvalue weighted by atomic mass is 16.7. The maximum Gasteiger partial charge on any atom is 0.155 e. The maximum atomic E-state index is 9.17. The van der Waals surface area contributed by atoms with E-state index in [4.69, 9.17) is 0 Å². The van der Waals surface area contributed by atoms with Crippen LogP contribution in [0.1, 0.15) is 6.92 Å². The molecule has 0 aromatic carbocycles. The first-order valence-corrected chi connectivity index (χ1v) is 1.97. The number of hydrogen-bond donors (Lipinski definition) is 0. The molecule has 0 saturated heterocycles. The minimum Gasteiger partial charge on any atom is -0.360 e. The van der Waals surface area contributed by atoms with Gasteiger partial charge in [0.25, 0.3) is 0 Å². The molecule has 0 saturated carbocycles. The zero-order chi connectivity index (χ0) is 5.54. The van der Waals surface area contributed by atoms with Gasteiger partial charge in [0, 0.05) is 0 Å². The number of rotatable bonds is 3. The highest BCUT2D eigenvalue weighted by Crippen LogP contribution is 1.74. The summed E-state index contributed by atoms with van der Waals surface area (Å²) in [6, 6.07) is 0. The predicted octanol–water partition coefficient (Wildman–Crippen LogP) is 1.26. The van der Waals surface area contributed by atoms with Gasteiger partial charge in [-0.05, 0) is 13.0 Å². The van der Waals surface area contributed by atoms with E-state index in [1.165, 1.54) is 0 Å². The zero-order valence-corrected chi connectivity index (χ0v) is 4.13. The first kappa shape index (κ1) is 6.14. The summed E-state index contributed by atoms with van der Waals surface area (Å²) in [6.45, 7) is 2.12. The molecule has 0 heterocycles. The van der Waals surface area contributed by atoms with E-state index in [9.17, 15) is 4.91 Å². The maximum absolute atomic E-state index is 9.17. The molecule has 0 spiro atoms. The molecule has 7 heavy (non-hydrogen) atoms.